The second kappa shape index (κ2) is 10.9. The van der Waals surface area contributed by atoms with Crippen molar-refractivity contribution in [3.05, 3.63) is 28.7 Å². The van der Waals surface area contributed by atoms with Crippen LogP contribution in [0.2, 0.25) is 0 Å². The van der Waals surface area contributed by atoms with Crippen molar-refractivity contribution in [1.82, 2.24) is 29.1 Å². The number of aromatic nitrogens is 6. The van der Waals surface area contributed by atoms with Crippen molar-refractivity contribution in [3.8, 4) is 0 Å². The number of fused-ring (bicyclic) bond motifs is 4. The van der Waals surface area contributed by atoms with Crippen LogP contribution >= 0.6 is 15.4 Å². The number of aliphatic hydroxyl groups excluding tert-OH is 2. The summed E-state index contributed by atoms with van der Waals surface area (Å²) in [7, 11) is -9.99. The number of imidazole rings is 2. The molecule has 6 rings (SSSR count). The predicted molar refractivity (Wildman–Crippen MR) is 139 cm³/mol. The lowest BCUT2D eigenvalue weighted by molar-refractivity contribution is -0.168. The zero-order valence-corrected chi connectivity index (χ0v) is 23.7. The molecule has 2 bridgehead atoms. The highest BCUT2D eigenvalue weighted by molar-refractivity contribution is 7.52. The molecule has 6 heterocycles. The number of phosphoric ester groups is 1. The second-order valence-corrected chi connectivity index (χ2v) is 13.0. The Balaban J connectivity index is 1.32. The summed E-state index contributed by atoms with van der Waals surface area (Å²) in [5, 5.41) is 21.9. The van der Waals surface area contributed by atoms with Gasteiger partial charge in [-0.2, -0.15) is 4.98 Å². The number of anilines is 2. The van der Waals surface area contributed by atoms with Crippen LogP contribution in [0.25, 0.3) is 11.2 Å². The van der Waals surface area contributed by atoms with Crippen molar-refractivity contribution >= 4 is 44.3 Å². The van der Waals surface area contributed by atoms with Gasteiger partial charge in [0.1, 0.15) is 36.3 Å². The SMILES string of the molecule is NC(=O)c1ncn([C@@H]2O[C@@H]3COP(=O)(O)O[C@@H]4[C@H](O)[C@@H](OCP(=O)(O)O[C@H]3[C@H]2O)O[C@H]4n2cnc3c(=O)[nH]c(N)nc32)c1N. The average molecular weight is 665 g/mol. The predicted octanol–water partition coefficient (Wildman–Crippen LogP) is -3.19. The Morgan fingerprint density at radius 2 is 1.75 bits per heavy atom. The maximum Gasteiger partial charge on any atom is 0.472 e. The van der Waals surface area contributed by atoms with Gasteiger partial charge >= 0.3 is 15.4 Å². The van der Waals surface area contributed by atoms with Crippen LogP contribution < -0.4 is 22.8 Å². The number of carbonyl (C=O) groups excluding carboxylic acids is 1. The normalized spacial score (nSPS) is 38.1. The first-order chi connectivity index (χ1) is 20.7. The van der Waals surface area contributed by atoms with Crippen LogP contribution in [0.15, 0.2) is 17.4 Å². The summed E-state index contributed by atoms with van der Waals surface area (Å²) < 4.78 is 60.4. The molecule has 10 atom stereocenters. The smallest absolute Gasteiger partial charge is 0.386 e. The molecule has 2 unspecified atom stereocenters. The number of nitrogens with zero attached hydrogens (tertiary/aromatic N) is 5. The molecule has 44 heavy (non-hydrogen) atoms. The molecule has 240 valence electrons. The van der Waals surface area contributed by atoms with Crippen molar-refractivity contribution in [1.29, 1.82) is 0 Å². The molecule has 0 saturated carbocycles. The van der Waals surface area contributed by atoms with Crippen LogP contribution in [0.3, 0.4) is 0 Å². The lowest BCUT2D eigenvalue weighted by atomic mass is 10.1. The minimum absolute atomic E-state index is 0.163. The van der Waals surface area contributed by atoms with E-state index >= 15 is 0 Å². The Morgan fingerprint density at radius 1 is 1.02 bits per heavy atom. The fraction of sp³-hybridized carbons (Fsp3) is 0.526. The van der Waals surface area contributed by atoms with Gasteiger partial charge in [-0.1, -0.05) is 0 Å². The topological polar surface area (TPSA) is 347 Å². The number of aromatic amines is 1. The van der Waals surface area contributed by atoms with Gasteiger partial charge < -0.3 is 51.4 Å². The third-order valence-electron chi connectivity index (χ3n) is 6.89. The molecule has 11 N–H and O–H groups in total. The van der Waals surface area contributed by atoms with Crippen LogP contribution in [-0.4, -0.2) is 105 Å². The highest BCUT2D eigenvalue weighted by atomic mass is 31.2. The van der Waals surface area contributed by atoms with Gasteiger partial charge in [0.2, 0.25) is 5.95 Å². The van der Waals surface area contributed by atoms with E-state index in [4.69, 9.17) is 45.0 Å². The van der Waals surface area contributed by atoms with Gasteiger partial charge in [0, 0.05) is 0 Å². The number of primary amides is 1. The number of nitrogens with two attached hydrogens (primary N) is 3. The molecule has 3 aromatic rings. The highest BCUT2D eigenvalue weighted by Crippen LogP contribution is 2.53. The highest BCUT2D eigenvalue weighted by Gasteiger charge is 2.54. The van der Waals surface area contributed by atoms with E-state index in [9.17, 15) is 38.7 Å². The number of H-pyrrole nitrogens is 1. The molecule has 3 aliphatic rings. The summed E-state index contributed by atoms with van der Waals surface area (Å²) >= 11 is 0. The molecule has 3 saturated heterocycles. The second-order valence-electron chi connectivity index (χ2n) is 9.80. The number of hydrogen-bond acceptors (Lipinski definition) is 17. The van der Waals surface area contributed by atoms with Gasteiger partial charge in [-0.05, 0) is 0 Å². The van der Waals surface area contributed by atoms with Crippen molar-refractivity contribution < 1.29 is 61.7 Å². The molecule has 3 aliphatic heterocycles. The molecule has 3 aromatic heterocycles. The van der Waals surface area contributed by atoms with E-state index in [0.29, 0.717) is 0 Å². The molecular formula is C19H25N9O14P2. The number of nitrogens with one attached hydrogen (secondary N) is 1. The number of amides is 1. The summed E-state index contributed by atoms with van der Waals surface area (Å²) in [6.07, 6.45) is -12.6. The first-order valence-electron chi connectivity index (χ1n) is 12.4. The Kier molecular flexibility index (Phi) is 7.64. The van der Waals surface area contributed by atoms with Crippen LogP contribution in [0.1, 0.15) is 22.9 Å². The maximum atomic E-state index is 13.1. The molecule has 0 aromatic carbocycles. The van der Waals surface area contributed by atoms with E-state index in [-0.39, 0.29) is 28.6 Å². The average Bonchev–Trinajstić information content (AvgIpc) is 3.67. The van der Waals surface area contributed by atoms with Crippen LogP contribution in [0.5, 0.6) is 0 Å². The zero-order valence-electron chi connectivity index (χ0n) is 21.9. The molecule has 23 nitrogen and oxygen atoms in total. The van der Waals surface area contributed by atoms with E-state index in [2.05, 4.69) is 19.9 Å². The lowest BCUT2D eigenvalue weighted by Gasteiger charge is -2.25. The summed E-state index contributed by atoms with van der Waals surface area (Å²) in [5.41, 5.74) is 15.3. The van der Waals surface area contributed by atoms with Crippen molar-refractivity contribution in [2.75, 3.05) is 24.4 Å². The molecule has 1 amide bonds. The van der Waals surface area contributed by atoms with Gasteiger partial charge in [-0.25, -0.2) is 14.5 Å². The third-order valence-corrected chi connectivity index (χ3v) is 8.92. The van der Waals surface area contributed by atoms with E-state index in [0.717, 1.165) is 21.8 Å². The first kappa shape index (κ1) is 30.7. The number of hydrogen-bond donors (Lipinski definition) is 8. The summed E-state index contributed by atoms with van der Waals surface area (Å²) in [4.78, 5) is 58.9. The van der Waals surface area contributed by atoms with Gasteiger partial charge in [-0.3, -0.25) is 41.8 Å². The molecule has 0 spiro atoms. The number of carbonyl (C=O) groups is 1. The molecule has 3 fully saturated rings. The van der Waals surface area contributed by atoms with Crippen LogP contribution in [-0.2, 0) is 36.9 Å². The fourth-order valence-corrected chi connectivity index (χ4v) is 6.91. The van der Waals surface area contributed by atoms with Crippen molar-refractivity contribution in [3.63, 3.8) is 0 Å². The molecule has 0 aliphatic carbocycles. The van der Waals surface area contributed by atoms with Gasteiger partial charge in [0.15, 0.2) is 42.0 Å². The van der Waals surface area contributed by atoms with Gasteiger partial charge in [-0.15, -0.1) is 0 Å². The summed E-state index contributed by atoms with van der Waals surface area (Å²) in [6, 6.07) is 0. The zero-order chi connectivity index (χ0) is 31.7. The number of nitrogen functional groups attached to an aromatic ring is 2. The van der Waals surface area contributed by atoms with E-state index in [1.54, 1.807) is 0 Å². The largest absolute Gasteiger partial charge is 0.472 e. The molecule has 0 radical (unpaired) electrons. The number of aliphatic hydroxyl groups is 2. The monoisotopic (exact) mass is 665 g/mol. The summed E-state index contributed by atoms with van der Waals surface area (Å²) in [6.45, 7) is -0.886. The Morgan fingerprint density at radius 3 is 2.45 bits per heavy atom. The van der Waals surface area contributed by atoms with Crippen molar-refractivity contribution in [2.24, 2.45) is 5.73 Å². The Labute approximate surface area is 243 Å². The van der Waals surface area contributed by atoms with E-state index < -0.39 is 89.1 Å². The van der Waals surface area contributed by atoms with Crippen LogP contribution in [0, 0.1) is 0 Å². The first-order valence-corrected chi connectivity index (χ1v) is 15.7. The Bertz CT molecular complexity index is 1760. The minimum atomic E-state index is -5.16. The number of rotatable bonds is 3. The quantitative estimate of drug-likeness (QED) is 0.128. The molecular weight excluding hydrogens is 640 g/mol. The molecule has 25 heteroatoms. The summed E-state index contributed by atoms with van der Waals surface area (Å²) in [5.74, 6) is -1.61. The maximum absolute atomic E-state index is 13.1. The standard InChI is InChI=1S/C19H25N9O14P2/c20-12-6(13(21)31)23-2-27(12)16-8(29)10-5(39-16)1-38-44(35,36)42-11-9(30)18(37-4-43(33,34)41-10)40-17(11)28-3-24-7-14(28)25-19(22)26-15(7)32/h2-3,5,8-11,16-18,29-30H,1,4,20H2,(H2,21,31)(H,33,34)(H,35,36)(H3,22,25,26,32)/t5-,8-,9+,10-,11-,16-,17-,18+/m1/s1. The van der Waals surface area contributed by atoms with Gasteiger partial charge in [0.05, 0.1) is 19.3 Å². The number of ether oxygens (including phenoxy) is 3. The van der Waals surface area contributed by atoms with Crippen LogP contribution in [0.4, 0.5) is 11.8 Å². The van der Waals surface area contributed by atoms with Gasteiger partial charge in [0.25, 0.3) is 11.5 Å². The number of phosphoric acid groups is 1. The van der Waals surface area contributed by atoms with Crippen molar-refractivity contribution in [2.45, 2.75) is 49.3 Å². The third kappa shape index (κ3) is 5.42. The Hall–Kier alpha value is -3.31. The fourth-order valence-electron chi connectivity index (χ4n) is 4.94. The minimum Gasteiger partial charge on any atom is -0.386 e. The lowest BCUT2D eigenvalue weighted by Crippen LogP contribution is -2.36. The van der Waals surface area contributed by atoms with E-state index in [1.165, 1.54) is 0 Å². The van der Waals surface area contributed by atoms with E-state index in [1.807, 2.05) is 0 Å².